The maximum atomic E-state index is 13.1. The van der Waals surface area contributed by atoms with Gasteiger partial charge in [-0.15, -0.1) is 0 Å². The molecule has 1 amide bonds. The third-order valence-corrected chi connectivity index (χ3v) is 6.13. The summed E-state index contributed by atoms with van der Waals surface area (Å²) in [6, 6.07) is 19.7. The normalized spacial score (nSPS) is 12.2. The molecule has 2 N–H and O–H groups in total. The minimum Gasteiger partial charge on any atom is -0.324 e. The number of aryl methyl sites for hydroxylation is 1. The van der Waals surface area contributed by atoms with Gasteiger partial charge >= 0.3 is 0 Å². The Morgan fingerprint density at radius 1 is 1.00 bits per heavy atom. The van der Waals surface area contributed by atoms with Crippen LogP contribution in [-0.4, -0.2) is 25.3 Å². The lowest BCUT2D eigenvalue weighted by Crippen LogP contribution is -2.45. The summed E-state index contributed by atoms with van der Waals surface area (Å²) in [5, 5.41) is 13.7. The first-order valence-electron chi connectivity index (χ1n) is 9.43. The first-order chi connectivity index (χ1) is 14.8. The first-order valence-corrected chi connectivity index (χ1v) is 10.9. The zero-order valence-corrected chi connectivity index (χ0v) is 17.5. The van der Waals surface area contributed by atoms with Crippen LogP contribution in [0.4, 0.5) is 11.4 Å². The molecule has 3 aromatic rings. The number of benzene rings is 3. The zero-order valence-electron chi connectivity index (χ0n) is 16.7. The Bertz CT molecular complexity index is 1180. The fourth-order valence-corrected chi connectivity index (χ4v) is 4.19. The number of carbonyl (C=O) groups excluding carboxylic acids is 1. The van der Waals surface area contributed by atoms with Gasteiger partial charge in [-0.25, -0.2) is 8.42 Å². The van der Waals surface area contributed by atoms with Crippen molar-refractivity contribution >= 4 is 27.3 Å². The van der Waals surface area contributed by atoms with E-state index >= 15 is 0 Å². The Kier molecular flexibility index (Phi) is 6.78. The molecule has 0 aliphatic rings. The van der Waals surface area contributed by atoms with E-state index < -0.39 is 26.9 Å². The van der Waals surface area contributed by atoms with Gasteiger partial charge in [0.15, 0.2) is 0 Å². The van der Waals surface area contributed by atoms with Crippen molar-refractivity contribution in [3.05, 3.63) is 100 Å². The minimum atomic E-state index is -3.97. The molecule has 31 heavy (non-hydrogen) atoms. The topological polar surface area (TPSA) is 118 Å². The van der Waals surface area contributed by atoms with Crippen molar-refractivity contribution in [1.29, 1.82) is 0 Å². The summed E-state index contributed by atoms with van der Waals surface area (Å²) in [6.45, 7) is 1.69. The number of amides is 1. The molecule has 1 atom stereocenters. The summed E-state index contributed by atoms with van der Waals surface area (Å²) in [5.41, 5.74) is 1.44. The summed E-state index contributed by atoms with van der Waals surface area (Å²) < 4.78 is 28.1. The Morgan fingerprint density at radius 2 is 1.61 bits per heavy atom. The Balaban J connectivity index is 1.90. The minimum absolute atomic E-state index is 0.0346. The van der Waals surface area contributed by atoms with E-state index in [1.54, 1.807) is 49.4 Å². The molecule has 0 radical (unpaired) electrons. The zero-order chi connectivity index (χ0) is 22.4. The molecule has 0 aromatic heterocycles. The number of sulfonamides is 1. The number of nitrogens with zero attached hydrogens (tertiary/aromatic N) is 1. The van der Waals surface area contributed by atoms with Crippen molar-refractivity contribution < 1.29 is 18.1 Å². The van der Waals surface area contributed by atoms with Crippen molar-refractivity contribution in [2.45, 2.75) is 24.3 Å². The lowest BCUT2D eigenvalue weighted by Gasteiger charge is -2.19. The van der Waals surface area contributed by atoms with Gasteiger partial charge < -0.3 is 5.32 Å². The van der Waals surface area contributed by atoms with Crippen LogP contribution in [0.5, 0.6) is 0 Å². The number of rotatable bonds is 8. The number of nitrogens with one attached hydrogen (secondary N) is 2. The summed E-state index contributed by atoms with van der Waals surface area (Å²) in [4.78, 5) is 23.6. The standard InChI is InChI=1S/C22H21N3O5S/c1-16-12-13-18(25(27)28)15-20(16)23-22(26)21(14-17-8-4-2-5-9-17)24-31(29,30)19-10-6-3-7-11-19/h2-13,15,21,24H,14H2,1H3,(H,23,26)/t21-/m0/s1. The molecule has 0 aliphatic carbocycles. The van der Waals surface area contributed by atoms with E-state index in [0.29, 0.717) is 5.56 Å². The molecule has 0 saturated heterocycles. The van der Waals surface area contributed by atoms with Crippen LogP contribution in [-0.2, 0) is 21.2 Å². The lowest BCUT2D eigenvalue weighted by atomic mass is 10.1. The number of non-ortho nitro benzene ring substituents is 1. The Labute approximate surface area is 180 Å². The smallest absolute Gasteiger partial charge is 0.271 e. The number of nitro benzene ring substituents is 1. The van der Waals surface area contributed by atoms with E-state index in [4.69, 9.17) is 0 Å². The third-order valence-electron chi connectivity index (χ3n) is 4.64. The van der Waals surface area contributed by atoms with Gasteiger partial charge in [0, 0.05) is 12.1 Å². The van der Waals surface area contributed by atoms with E-state index in [1.165, 1.54) is 30.3 Å². The Morgan fingerprint density at radius 3 is 2.23 bits per heavy atom. The van der Waals surface area contributed by atoms with Gasteiger partial charge in [-0.05, 0) is 36.6 Å². The lowest BCUT2D eigenvalue weighted by molar-refractivity contribution is -0.384. The average Bonchev–Trinajstić information content (AvgIpc) is 2.76. The molecule has 0 heterocycles. The summed E-state index contributed by atoms with van der Waals surface area (Å²) in [6.07, 6.45) is 0.104. The van der Waals surface area contributed by atoms with Crippen LogP contribution in [0.25, 0.3) is 0 Å². The molecular weight excluding hydrogens is 418 g/mol. The molecule has 0 spiro atoms. The highest BCUT2D eigenvalue weighted by molar-refractivity contribution is 7.89. The highest BCUT2D eigenvalue weighted by Crippen LogP contribution is 2.22. The molecule has 0 aliphatic heterocycles. The Hall–Kier alpha value is -3.56. The van der Waals surface area contributed by atoms with Crippen molar-refractivity contribution in [3.8, 4) is 0 Å². The molecule has 160 valence electrons. The van der Waals surface area contributed by atoms with Crippen LogP contribution in [0, 0.1) is 17.0 Å². The molecule has 0 bridgehead atoms. The van der Waals surface area contributed by atoms with Crippen molar-refractivity contribution in [1.82, 2.24) is 4.72 Å². The fourth-order valence-electron chi connectivity index (χ4n) is 2.97. The van der Waals surface area contributed by atoms with Crippen LogP contribution < -0.4 is 10.0 Å². The van der Waals surface area contributed by atoms with Gasteiger partial charge in [-0.1, -0.05) is 54.6 Å². The second-order valence-corrected chi connectivity index (χ2v) is 8.64. The second-order valence-electron chi connectivity index (χ2n) is 6.92. The van der Waals surface area contributed by atoms with Crippen LogP contribution in [0.1, 0.15) is 11.1 Å². The molecule has 3 aromatic carbocycles. The molecule has 3 rings (SSSR count). The van der Waals surface area contributed by atoms with Gasteiger partial charge in [0.2, 0.25) is 15.9 Å². The molecule has 9 heteroatoms. The predicted octanol–water partition coefficient (Wildman–Crippen LogP) is 3.43. The van der Waals surface area contributed by atoms with E-state index in [0.717, 1.165) is 5.56 Å². The first kappa shape index (κ1) is 22.1. The van der Waals surface area contributed by atoms with Crippen LogP contribution in [0.2, 0.25) is 0 Å². The average molecular weight is 439 g/mol. The van der Waals surface area contributed by atoms with Crippen molar-refractivity contribution in [2.75, 3.05) is 5.32 Å². The van der Waals surface area contributed by atoms with Gasteiger partial charge in [-0.3, -0.25) is 14.9 Å². The number of nitro groups is 1. The van der Waals surface area contributed by atoms with Gasteiger partial charge in [0.05, 0.1) is 15.5 Å². The highest BCUT2D eigenvalue weighted by atomic mass is 32.2. The van der Waals surface area contributed by atoms with Gasteiger partial charge in [0.25, 0.3) is 5.69 Å². The number of hydrogen-bond donors (Lipinski definition) is 2. The van der Waals surface area contributed by atoms with E-state index in [2.05, 4.69) is 10.0 Å². The van der Waals surface area contributed by atoms with E-state index in [-0.39, 0.29) is 22.7 Å². The summed E-state index contributed by atoms with van der Waals surface area (Å²) >= 11 is 0. The molecule has 0 saturated carbocycles. The quantitative estimate of drug-likeness (QED) is 0.412. The van der Waals surface area contributed by atoms with Crippen molar-refractivity contribution in [2.24, 2.45) is 0 Å². The maximum absolute atomic E-state index is 13.1. The van der Waals surface area contributed by atoms with Crippen LogP contribution in [0.3, 0.4) is 0 Å². The van der Waals surface area contributed by atoms with Crippen molar-refractivity contribution in [3.63, 3.8) is 0 Å². The number of anilines is 1. The van der Waals surface area contributed by atoms with Gasteiger partial charge in [-0.2, -0.15) is 4.72 Å². The SMILES string of the molecule is Cc1ccc([N+](=O)[O-])cc1NC(=O)[C@H](Cc1ccccc1)NS(=O)(=O)c1ccccc1. The highest BCUT2D eigenvalue weighted by Gasteiger charge is 2.27. The number of carbonyl (C=O) groups is 1. The maximum Gasteiger partial charge on any atom is 0.271 e. The van der Waals surface area contributed by atoms with Crippen LogP contribution in [0.15, 0.2) is 83.8 Å². The largest absolute Gasteiger partial charge is 0.324 e. The van der Waals surface area contributed by atoms with Gasteiger partial charge in [0.1, 0.15) is 6.04 Å². The summed E-state index contributed by atoms with van der Waals surface area (Å²) in [5.74, 6) is -0.619. The molecular formula is C22H21N3O5S. The fraction of sp³-hybridized carbons (Fsp3) is 0.136. The number of hydrogen-bond acceptors (Lipinski definition) is 5. The third kappa shape index (κ3) is 5.74. The second kappa shape index (κ2) is 9.50. The van der Waals surface area contributed by atoms with Crippen LogP contribution >= 0.6 is 0 Å². The molecule has 0 unspecified atom stereocenters. The predicted molar refractivity (Wildman–Crippen MR) is 117 cm³/mol. The summed E-state index contributed by atoms with van der Waals surface area (Å²) in [7, 11) is -3.97. The molecule has 8 nitrogen and oxygen atoms in total. The van der Waals surface area contributed by atoms with E-state index in [1.807, 2.05) is 6.07 Å². The monoisotopic (exact) mass is 439 g/mol. The van der Waals surface area contributed by atoms with E-state index in [9.17, 15) is 23.3 Å². The molecule has 0 fully saturated rings.